The van der Waals surface area contributed by atoms with E-state index in [1.54, 1.807) is 40.5 Å². The van der Waals surface area contributed by atoms with Gasteiger partial charge in [0.15, 0.2) is 0 Å². The molecule has 0 aliphatic carbocycles. The lowest BCUT2D eigenvalue weighted by molar-refractivity contribution is 0.0924. The zero-order valence-corrected chi connectivity index (χ0v) is 15.1. The Morgan fingerprint density at radius 1 is 1.00 bits per heavy atom. The molecule has 3 rings (SSSR count). The van der Waals surface area contributed by atoms with Crippen LogP contribution in [-0.4, -0.2) is 34.1 Å². The van der Waals surface area contributed by atoms with Gasteiger partial charge in [-0.2, -0.15) is 0 Å². The van der Waals surface area contributed by atoms with Crippen molar-refractivity contribution < 1.29 is 14.6 Å². The number of aryl methyl sites for hydroxylation is 1. The van der Waals surface area contributed by atoms with Crippen molar-refractivity contribution in [1.82, 2.24) is 9.13 Å². The summed E-state index contributed by atoms with van der Waals surface area (Å²) in [5.74, 6) is 1.39. The lowest BCUT2D eigenvalue weighted by atomic mass is 10.3. The Kier molecular flexibility index (Phi) is 5.63. The second-order valence-electron chi connectivity index (χ2n) is 6.17. The fourth-order valence-corrected chi connectivity index (χ4v) is 3.02. The van der Waals surface area contributed by atoms with E-state index in [-0.39, 0.29) is 18.8 Å². The predicted octanol–water partition coefficient (Wildman–Crippen LogP) is 2.66. The van der Waals surface area contributed by atoms with E-state index in [0.29, 0.717) is 12.3 Å². The molecule has 138 valence electrons. The highest BCUT2D eigenvalue weighted by Crippen LogP contribution is 2.18. The van der Waals surface area contributed by atoms with E-state index in [2.05, 4.69) is 0 Å². The monoisotopic (exact) mass is 356 g/mol. The van der Waals surface area contributed by atoms with Crippen molar-refractivity contribution in [3.05, 3.63) is 59.0 Å². The molecule has 1 unspecified atom stereocenters. The first kappa shape index (κ1) is 18.1. The van der Waals surface area contributed by atoms with Gasteiger partial charge >= 0.3 is 5.69 Å². The third-order valence-corrected chi connectivity index (χ3v) is 4.27. The van der Waals surface area contributed by atoms with Crippen LogP contribution in [0.1, 0.15) is 13.3 Å². The summed E-state index contributed by atoms with van der Waals surface area (Å²) in [6, 6.07) is 14.8. The SMILES string of the molecule is CCCn1c(=O)n(CC(O)COc2ccc(OC)cc2)c2ccccc21. The minimum atomic E-state index is -0.796. The van der Waals surface area contributed by atoms with E-state index in [0.717, 1.165) is 23.2 Å². The molecule has 2 aromatic carbocycles. The Bertz CT molecular complexity index is 912. The van der Waals surface area contributed by atoms with Gasteiger partial charge in [0.05, 0.1) is 24.7 Å². The molecule has 0 aliphatic heterocycles. The molecule has 0 bridgehead atoms. The third kappa shape index (κ3) is 3.75. The van der Waals surface area contributed by atoms with Crippen molar-refractivity contribution in [2.45, 2.75) is 32.5 Å². The van der Waals surface area contributed by atoms with Gasteiger partial charge in [-0.3, -0.25) is 9.13 Å². The smallest absolute Gasteiger partial charge is 0.329 e. The van der Waals surface area contributed by atoms with Gasteiger partial charge in [0, 0.05) is 6.54 Å². The van der Waals surface area contributed by atoms with E-state index >= 15 is 0 Å². The summed E-state index contributed by atoms with van der Waals surface area (Å²) in [5, 5.41) is 10.4. The molecule has 6 nitrogen and oxygen atoms in total. The Morgan fingerprint density at radius 2 is 1.62 bits per heavy atom. The first-order valence-corrected chi connectivity index (χ1v) is 8.77. The van der Waals surface area contributed by atoms with Crippen LogP contribution in [0.15, 0.2) is 53.3 Å². The number of hydrogen-bond acceptors (Lipinski definition) is 4. The molecule has 26 heavy (non-hydrogen) atoms. The number of aliphatic hydroxyl groups is 1. The number of rotatable bonds is 8. The molecule has 3 aromatic rings. The molecule has 1 N–H and O–H groups in total. The summed E-state index contributed by atoms with van der Waals surface area (Å²) in [7, 11) is 1.60. The van der Waals surface area contributed by atoms with E-state index in [4.69, 9.17) is 9.47 Å². The number of nitrogens with zero attached hydrogens (tertiary/aromatic N) is 2. The molecule has 0 aliphatic rings. The van der Waals surface area contributed by atoms with E-state index in [1.165, 1.54) is 0 Å². The Balaban J connectivity index is 1.73. The number of benzene rings is 2. The van der Waals surface area contributed by atoms with Gasteiger partial charge in [-0.05, 0) is 42.8 Å². The Hall–Kier alpha value is -2.73. The topological polar surface area (TPSA) is 65.6 Å². The van der Waals surface area contributed by atoms with Gasteiger partial charge in [0.2, 0.25) is 0 Å². The molecule has 6 heteroatoms. The summed E-state index contributed by atoms with van der Waals surface area (Å²) in [5.41, 5.74) is 1.62. The molecule has 0 spiro atoms. The zero-order chi connectivity index (χ0) is 18.5. The average Bonchev–Trinajstić information content (AvgIpc) is 2.93. The van der Waals surface area contributed by atoms with Gasteiger partial charge in [0.25, 0.3) is 0 Å². The molecular formula is C20H24N2O4. The number of ether oxygens (including phenoxy) is 2. The summed E-state index contributed by atoms with van der Waals surface area (Å²) in [6.07, 6.45) is 0.0764. The van der Waals surface area contributed by atoms with E-state index in [9.17, 15) is 9.90 Å². The maximum Gasteiger partial charge on any atom is 0.329 e. The molecule has 1 heterocycles. The van der Waals surface area contributed by atoms with Crippen LogP contribution in [0, 0.1) is 0 Å². The van der Waals surface area contributed by atoms with Crippen LogP contribution in [0.4, 0.5) is 0 Å². The van der Waals surface area contributed by atoms with Crippen LogP contribution in [0.5, 0.6) is 11.5 Å². The molecule has 0 saturated carbocycles. The van der Waals surface area contributed by atoms with Crippen molar-refractivity contribution in [2.75, 3.05) is 13.7 Å². The number of fused-ring (bicyclic) bond motifs is 1. The van der Waals surface area contributed by atoms with Crippen molar-refractivity contribution in [3.8, 4) is 11.5 Å². The summed E-state index contributed by atoms with van der Waals surface area (Å²) in [4.78, 5) is 12.7. The molecule has 0 amide bonds. The first-order chi connectivity index (χ1) is 12.6. The maximum atomic E-state index is 12.7. The van der Waals surface area contributed by atoms with Crippen LogP contribution in [0.3, 0.4) is 0 Å². The minimum absolute atomic E-state index is 0.100. The Morgan fingerprint density at radius 3 is 2.23 bits per heavy atom. The highest BCUT2D eigenvalue weighted by Gasteiger charge is 2.15. The number of hydrogen-bond donors (Lipinski definition) is 1. The largest absolute Gasteiger partial charge is 0.497 e. The number of imidazole rings is 1. The summed E-state index contributed by atoms with van der Waals surface area (Å²) in [6.45, 7) is 2.99. The Labute approximate surface area is 152 Å². The molecule has 0 saturated heterocycles. The van der Waals surface area contributed by atoms with Crippen LogP contribution in [0.25, 0.3) is 11.0 Å². The maximum absolute atomic E-state index is 12.7. The standard InChI is InChI=1S/C20H24N2O4/c1-3-12-21-18-6-4-5-7-19(18)22(20(21)24)13-15(23)14-26-17-10-8-16(25-2)9-11-17/h4-11,15,23H,3,12-14H2,1-2H3. The minimum Gasteiger partial charge on any atom is -0.497 e. The molecule has 1 atom stereocenters. The fraction of sp³-hybridized carbons (Fsp3) is 0.350. The van der Waals surface area contributed by atoms with Crippen LogP contribution >= 0.6 is 0 Å². The van der Waals surface area contributed by atoms with E-state index in [1.807, 2.05) is 31.2 Å². The third-order valence-electron chi connectivity index (χ3n) is 4.27. The van der Waals surface area contributed by atoms with Crippen molar-refractivity contribution in [2.24, 2.45) is 0 Å². The van der Waals surface area contributed by atoms with Crippen molar-refractivity contribution in [1.29, 1.82) is 0 Å². The zero-order valence-electron chi connectivity index (χ0n) is 15.1. The second kappa shape index (κ2) is 8.10. The van der Waals surface area contributed by atoms with Crippen LogP contribution in [0.2, 0.25) is 0 Å². The number of aromatic nitrogens is 2. The molecule has 1 aromatic heterocycles. The van der Waals surface area contributed by atoms with E-state index < -0.39 is 6.10 Å². The van der Waals surface area contributed by atoms with Crippen molar-refractivity contribution in [3.63, 3.8) is 0 Å². The van der Waals surface area contributed by atoms with Crippen molar-refractivity contribution >= 4 is 11.0 Å². The second-order valence-corrected chi connectivity index (χ2v) is 6.17. The lowest BCUT2D eigenvalue weighted by Gasteiger charge is -2.13. The first-order valence-electron chi connectivity index (χ1n) is 8.77. The lowest BCUT2D eigenvalue weighted by Crippen LogP contribution is -2.31. The van der Waals surface area contributed by atoms with Crippen LogP contribution in [-0.2, 0) is 13.1 Å². The highest BCUT2D eigenvalue weighted by molar-refractivity contribution is 5.76. The quantitative estimate of drug-likeness (QED) is 0.674. The summed E-state index contributed by atoms with van der Waals surface area (Å²) >= 11 is 0. The van der Waals surface area contributed by atoms with Crippen LogP contribution < -0.4 is 15.2 Å². The normalized spacial score (nSPS) is 12.3. The number of para-hydroxylation sites is 2. The number of methoxy groups -OCH3 is 1. The molecule has 0 radical (unpaired) electrons. The van der Waals surface area contributed by atoms with Gasteiger partial charge in [-0.25, -0.2) is 4.79 Å². The number of aliphatic hydroxyl groups excluding tert-OH is 1. The predicted molar refractivity (Wildman–Crippen MR) is 101 cm³/mol. The average molecular weight is 356 g/mol. The van der Waals surface area contributed by atoms with Gasteiger partial charge < -0.3 is 14.6 Å². The fourth-order valence-electron chi connectivity index (χ4n) is 3.02. The highest BCUT2D eigenvalue weighted by atomic mass is 16.5. The molecule has 0 fully saturated rings. The summed E-state index contributed by atoms with van der Waals surface area (Å²) < 4.78 is 14.1. The van der Waals surface area contributed by atoms with Gasteiger partial charge in [-0.1, -0.05) is 19.1 Å². The van der Waals surface area contributed by atoms with Gasteiger partial charge in [-0.15, -0.1) is 0 Å². The molecular weight excluding hydrogens is 332 g/mol. The van der Waals surface area contributed by atoms with Gasteiger partial charge in [0.1, 0.15) is 24.2 Å².